The SMILES string of the molecule is Nc1nc(CN2CCCCC2)nc(N2CCCCC2)n1. The first-order chi connectivity index (χ1) is 9.81. The van der Waals surface area contributed by atoms with Crippen molar-refractivity contribution in [3.63, 3.8) is 0 Å². The molecule has 2 aliphatic rings. The number of likely N-dealkylation sites (tertiary alicyclic amines) is 1. The monoisotopic (exact) mass is 276 g/mol. The van der Waals surface area contributed by atoms with E-state index in [1.165, 1.54) is 38.5 Å². The molecular weight excluding hydrogens is 252 g/mol. The summed E-state index contributed by atoms with van der Waals surface area (Å²) in [4.78, 5) is 17.9. The molecule has 2 saturated heterocycles. The average Bonchev–Trinajstić information content (AvgIpc) is 2.49. The number of anilines is 2. The molecule has 1 aromatic rings. The second-order valence-electron chi connectivity index (χ2n) is 5.79. The van der Waals surface area contributed by atoms with Crippen LogP contribution in [-0.4, -0.2) is 46.0 Å². The molecule has 3 rings (SSSR count). The molecule has 0 spiro atoms. The van der Waals surface area contributed by atoms with Gasteiger partial charge in [-0.05, 0) is 45.2 Å². The van der Waals surface area contributed by atoms with E-state index in [-0.39, 0.29) is 0 Å². The molecule has 0 saturated carbocycles. The summed E-state index contributed by atoms with van der Waals surface area (Å²) in [6.07, 6.45) is 7.63. The van der Waals surface area contributed by atoms with Crippen LogP contribution in [0.2, 0.25) is 0 Å². The Kier molecular flexibility index (Phi) is 4.30. The van der Waals surface area contributed by atoms with Crippen LogP contribution in [0.1, 0.15) is 44.3 Å². The zero-order valence-electron chi connectivity index (χ0n) is 12.1. The van der Waals surface area contributed by atoms with Gasteiger partial charge in [-0.3, -0.25) is 4.90 Å². The second-order valence-corrected chi connectivity index (χ2v) is 5.79. The fourth-order valence-electron chi connectivity index (χ4n) is 3.05. The number of hydrogen-bond donors (Lipinski definition) is 1. The Labute approximate surface area is 120 Å². The Hall–Kier alpha value is -1.43. The van der Waals surface area contributed by atoms with Crippen LogP contribution in [0.15, 0.2) is 0 Å². The number of aromatic nitrogens is 3. The summed E-state index contributed by atoms with van der Waals surface area (Å²) in [5.41, 5.74) is 5.86. The van der Waals surface area contributed by atoms with Crippen molar-refractivity contribution in [1.29, 1.82) is 0 Å². The zero-order chi connectivity index (χ0) is 13.8. The minimum absolute atomic E-state index is 0.354. The van der Waals surface area contributed by atoms with Gasteiger partial charge in [-0.15, -0.1) is 0 Å². The lowest BCUT2D eigenvalue weighted by molar-refractivity contribution is 0.216. The lowest BCUT2D eigenvalue weighted by Crippen LogP contribution is -2.33. The number of piperidine rings is 2. The van der Waals surface area contributed by atoms with E-state index in [1.807, 2.05) is 0 Å². The van der Waals surface area contributed by atoms with Crippen LogP contribution in [0.4, 0.5) is 11.9 Å². The highest BCUT2D eigenvalue weighted by Gasteiger charge is 2.17. The molecule has 0 aliphatic carbocycles. The van der Waals surface area contributed by atoms with Crippen molar-refractivity contribution in [2.45, 2.75) is 45.1 Å². The van der Waals surface area contributed by atoms with Gasteiger partial charge >= 0.3 is 0 Å². The van der Waals surface area contributed by atoms with Crippen molar-refractivity contribution >= 4 is 11.9 Å². The van der Waals surface area contributed by atoms with E-state index in [9.17, 15) is 0 Å². The number of nitrogens with two attached hydrogens (primary N) is 1. The van der Waals surface area contributed by atoms with Gasteiger partial charge in [0.1, 0.15) is 5.82 Å². The van der Waals surface area contributed by atoms with Crippen molar-refractivity contribution < 1.29 is 0 Å². The number of nitrogens with zero attached hydrogens (tertiary/aromatic N) is 5. The standard InChI is InChI=1S/C14H24N6/c15-13-16-12(11-19-7-3-1-4-8-19)17-14(18-13)20-9-5-2-6-10-20/h1-11H2,(H2,15,16,17,18). The van der Waals surface area contributed by atoms with Crippen molar-refractivity contribution in [2.75, 3.05) is 36.8 Å². The van der Waals surface area contributed by atoms with Crippen molar-refractivity contribution in [1.82, 2.24) is 19.9 Å². The Morgan fingerprint density at radius 1 is 0.800 bits per heavy atom. The topological polar surface area (TPSA) is 71.2 Å². The van der Waals surface area contributed by atoms with Gasteiger partial charge in [0.05, 0.1) is 6.54 Å². The maximum absolute atomic E-state index is 5.86. The third-order valence-electron chi connectivity index (χ3n) is 4.14. The molecule has 2 aliphatic heterocycles. The van der Waals surface area contributed by atoms with Crippen LogP contribution in [0.25, 0.3) is 0 Å². The van der Waals surface area contributed by atoms with Crippen molar-refractivity contribution in [3.8, 4) is 0 Å². The molecular formula is C14H24N6. The van der Waals surface area contributed by atoms with E-state index >= 15 is 0 Å². The van der Waals surface area contributed by atoms with Crippen LogP contribution >= 0.6 is 0 Å². The van der Waals surface area contributed by atoms with Gasteiger partial charge in [0, 0.05) is 13.1 Å². The highest BCUT2D eigenvalue weighted by atomic mass is 15.3. The van der Waals surface area contributed by atoms with Crippen LogP contribution in [0.5, 0.6) is 0 Å². The summed E-state index contributed by atoms with van der Waals surface area (Å²) < 4.78 is 0. The molecule has 1 aromatic heterocycles. The number of hydrogen-bond acceptors (Lipinski definition) is 6. The van der Waals surface area contributed by atoms with Crippen LogP contribution in [0, 0.1) is 0 Å². The van der Waals surface area contributed by atoms with E-state index in [0.29, 0.717) is 5.95 Å². The molecule has 0 aromatic carbocycles. The molecule has 2 fully saturated rings. The third-order valence-corrected chi connectivity index (χ3v) is 4.14. The van der Waals surface area contributed by atoms with E-state index in [0.717, 1.165) is 44.5 Å². The first kappa shape index (κ1) is 13.5. The van der Waals surface area contributed by atoms with Gasteiger partial charge < -0.3 is 10.6 Å². The summed E-state index contributed by atoms with van der Waals surface area (Å²) >= 11 is 0. The number of rotatable bonds is 3. The van der Waals surface area contributed by atoms with Gasteiger partial charge in [-0.25, -0.2) is 0 Å². The second kappa shape index (κ2) is 6.35. The molecule has 2 N–H and O–H groups in total. The fourth-order valence-corrected chi connectivity index (χ4v) is 3.05. The Morgan fingerprint density at radius 2 is 1.45 bits per heavy atom. The molecule has 6 heteroatoms. The molecule has 110 valence electrons. The van der Waals surface area contributed by atoms with Crippen LogP contribution in [0.3, 0.4) is 0 Å². The normalized spacial score (nSPS) is 21.1. The number of nitrogen functional groups attached to an aromatic ring is 1. The molecule has 0 radical (unpaired) electrons. The Morgan fingerprint density at radius 3 is 2.15 bits per heavy atom. The van der Waals surface area contributed by atoms with Gasteiger partial charge in [-0.2, -0.15) is 15.0 Å². The van der Waals surface area contributed by atoms with Crippen molar-refractivity contribution in [2.24, 2.45) is 0 Å². The lowest BCUT2D eigenvalue weighted by Gasteiger charge is -2.28. The zero-order valence-corrected chi connectivity index (χ0v) is 12.1. The Balaban J connectivity index is 1.71. The summed E-state index contributed by atoms with van der Waals surface area (Å²) in [5, 5.41) is 0. The van der Waals surface area contributed by atoms with Gasteiger partial charge in [0.15, 0.2) is 0 Å². The molecule has 3 heterocycles. The fraction of sp³-hybridized carbons (Fsp3) is 0.786. The van der Waals surface area contributed by atoms with Gasteiger partial charge in [0.25, 0.3) is 0 Å². The molecule has 0 atom stereocenters. The van der Waals surface area contributed by atoms with E-state index in [4.69, 9.17) is 5.73 Å². The first-order valence-electron chi connectivity index (χ1n) is 7.79. The molecule has 20 heavy (non-hydrogen) atoms. The highest BCUT2D eigenvalue weighted by Crippen LogP contribution is 2.17. The molecule has 6 nitrogen and oxygen atoms in total. The summed E-state index contributed by atoms with van der Waals surface area (Å²) in [6, 6.07) is 0. The molecule has 0 bridgehead atoms. The van der Waals surface area contributed by atoms with Crippen LogP contribution in [-0.2, 0) is 6.54 Å². The maximum atomic E-state index is 5.86. The largest absolute Gasteiger partial charge is 0.368 e. The predicted octanol–water partition coefficient (Wildman–Crippen LogP) is 1.43. The lowest BCUT2D eigenvalue weighted by atomic mass is 10.1. The minimum Gasteiger partial charge on any atom is -0.368 e. The highest BCUT2D eigenvalue weighted by molar-refractivity contribution is 5.35. The summed E-state index contributed by atoms with van der Waals surface area (Å²) in [5.74, 6) is 1.94. The van der Waals surface area contributed by atoms with Crippen LogP contribution < -0.4 is 10.6 Å². The van der Waals surface area contributed by atoms with E-state index < -0.39 is 0 Å². The van der Waals surface area contributed by atoms with Gasteiger partial charge in [-0.1, -0.05) is 6.42 Å². The van der Waals surface area contributed by atoms with Crippen molar-refractivity contribution in [3.05, 3.63) is 5.82 Å². The van der Waals surface area contributed by atoms with E-state index in [2.05, 4.69) is 24.8 Å². The summed E-state index contributed by atoms with van der Waals surface area (Å²) in [6.45, 7) is 5.15. The van der Waals surface area contributed by atoms with Gasteiger partial charge in [0.2, 0.25) is 11.9 Å². The minimum atomic E-state index is 0.354. The summed E-state index contributed by atoms with van der Waals surface area (Å²) in [7, 11) is 0. The average molecular weight is 276 g/mol. The quantitative estimate of drug-likeness (QED) is 0.900. The first-order valence-corrected chi connectivity index (χ1v) is 7.79. The third kappa shape index (κ3) is 3.36. The molecule has 0 amide bonds. The smallest absolute Gasteiger partial charge is 0.230 e. The molecule has 0 unspecified atom stereocenters. The Bertz CT molecular complexity index is 437. The predicted molar refractivity (Wildman–Crippen MR) is 79.4 cm³/mol. The van der Waals surface area contributed by atoms with E-state index in [1.54, 1.807) is 0 Å². The maximum Gasteiger partial charge on any atom is 0.230 e.